The first kappa shape index (κ1) is 29.9. The smallest absolute Gasteiger partial charge is 0.145 e. The summed E-state index contributed by atoms with van der Waals surface area (Å²) in [5, 5.41) is 5.12. The highest BCUT2D eigenvalue weighted by Gasteiger charge is 2.20. The van der Waals surface area contributed by atoms with Crippen molar-refractivity contribution in [2.45, 2.75) is 0 Å². The van der Waals surface area contributed by atoms with Gasteiger partial charge in [0.1, 0.15) is 5.82 Å². The minimum absolute atomic E-state index is 0.913. The average molecular weight is 694 g/mol. The van der Waals surface area contributed by atoms with Crippen LogP contribution in [0.25, 0.3) is 98.0 Å². The monoisotopic (exact) mass is 693 g/mol. The fourth-order valence-electron chi connectivity index (χ4n) is 8.16. The van der Waals surface area contributed by atoms with Crippen LogP contribution in [0, 0.1) is 0 Å². The molecule has 0 fully saturated rings. The van der Waals surface area contributed by atoms with Crippen molar-refractivity contribution in [2.24, 2.45) is 0 Å². The first-order valence-electron chi connectivity index (χ1n) is 18.0. The summed E-state index contributed by atoms with van der Waals surface area (Å²) in [5.74, 6) is 0.913. The molecule has 11 rings (SSSR count). The van der Waals surface area contributed by atoms with E-state index in [9.17, 15) is 0 Å². The summed E-state index contributed by atoms with van der Waals surface area (Å²) in [6.45, 7) is 0. The molecule has 3 heterocycles. The molecule has 11 aromatic rings. The van der Waals surface area contributed by atoms with Crippen molar-refractivity contribution < 1.29 is 0 Å². The molecule has 8 aromatic carbocycles. The van der Waals surface area contributed by atoms with Crippen molar-refractivity contribution in [1.29, 1.82) is 0 Å². The summed E-state index contributed by atoms with van der Waals surface area (Å²) in [6.07, 6.45) is 0. The molecule has 0 saturated carbocycles. The molecule has 0 aliphatic heterocycles. The first-order chi connectivity index (χ1) is 26.3. The Labute approximate surface area is 310 Å². The Morgan fingerprint density at radius 1 is 0.377 bits per heavy atom. The quantitative estimate of drug-likeness (QED) is 0.176. The highest BCUT2D eigenvalue weighted by molar-refractivity contribution is 7.26. The molecule has 0 radical (unpaired) electrons. The molecule has 0 aliphatic carbocycles. The molecule has 0 N–H and O–H groups in total. The van der Waals surface area contributed by atoms with Gasteiger partial charge in [-0.3, -0.25) is 4.57 Å². The average Bonchev–Trinajstić information content (AvgIpc) is 3.91. The van der Waals surface area contributed by atoms with E-state index in [1.807, 2.05) is 11.3 Å². The second kappa shape index (κ2) is 11.9. The number of rotatable bonds is 5. The number of para-hydroxylation sites is 3. The van der Waals surface area contributed by atoms with Crippen LogP contribution in [0.5, 0.6) is 0 Å². The lowest BCUT2D eigenvalue weighted by atomic mass is 10.0. The van der Waals surface area contributed by atoms with E-state index in [0.29, 0.717) is 0 Å². The van der Waals surface area contributed by atoms with Gasteiger partial charge in [0.05, 0.1) is 22.1 Å². The predicted octanol–water partition coefficient (Wildman–Crippen LogP) is 13.5. The van der Waals surface area contributed by atoms with Gasteiger partial charge in [-0.1, -0.05) is 133 Å². The van der Waals surface area contributed by atoms with E-state index in [0.717, 1.165) is 44.9 Å². The molecule has 4 heteroatoms. The van der Waals surface area contributed by atoms with Gasteiger partial charge in [0.15, 0.2) is 0 Å². The lowest BCUT2D eigenvalue weighted by Gasteiger charge is -2.13. The predicted molar refractivity (Wildman–Crippen MR) is 225 cm³/mol. The van der Waals surface area contributed by atoms with Crippen LogP contribution in [0.1, 0.15) is 0 Å². The van der Waals surface area contributed by atoms with E-state index in [4.69, 9.17) is 4.98 Å². The van der Waals surface area contributed by atoms with Crippen LogP contribution >= 0.6 is 11.3 Å². The molecule has 0 spiro atoms. The number of thiophene rings is 1. The summed E-state index contributed by atoms with van der Waals surface area (Å²) >= 11 is 1.88. The van der Waals surface area contributed by atoms with Gasteiger partial charge in [-0.05, 0) is 71.3 Å². The minimum atomic E-state index is 0.913. The second-order valence-corrected chi connectivity index (χ2v) is 14.6. The number of hydrogen-bond donors (Lipinski definition) is 0. The molecule has 0 atom stereocenters. The number of hydrogen-bond acceptors (Lipinski definition) is 2. The van der Waals surface area contributed by atoms with E-state index in [1.165, 1.54) is 53.1 Å². The maximum absolute atomic E-state index is 5.42. The van der Waals surface area contributed by atoms with Crippen LogP contribution in [0.4, 0.5) is 0 Å². The Balaban J connectivity index is 1.11. The number of fused-ring (bicyclic) bond motifs is 7. The van der Waals surface area contributed by atoms with E-state index in [1.54, 1.807) is 0 Å². The summed E-state index contributed by atoms with van der Waals surface area (Å²) in [6, 6.07) is 67.7. The van der Waals surface area contributed by atoms with Crippen molar-refractivity contribution in [3.8, 4) is 45.0 Å². The summed E-state index contributed by atoms with van der Waals surface area (Å²) in [4.78, 5) is 5.42. The topological polar surface area (TPSA) is 22.8 Å². The third-order valence-electron chi connectivity index (χ3n) is 10.5. The fraction of sp³-hybridized carbons (Fsp3) is 0. The summed E-state index contributed by atoms with van der Waals surface area (Å²) in [7, 11) is 0. The lowest BCUT2D eigenvalue weighted by molar-refractivity contribution is 1.10. The van der Waals surface area contributed by atoms with E-state index in [2.05, 4.69) is 197 Å². The van der Waals surface area contributed by atoms with Gasteiger partial charge in [0.2, 0.25) is 0 Å². The summed E-state index contributed by atoms with van der Waals surface area (Å²) in [5.41, 5.74) is 12.5. The van der Waals surface area contributed by atoms with Crippen molar-refractivity contribution >= 4 is 64.3 Å². The molecule has 0 amide bonds. The number of benzene rings is 8. The molecular weight excluding hydrogens is 663 g/mol. The van der Waals surface area contributed by atoms with Gasteiger partial charge in [0, 0.05) is 53.4 Å². The van der Waals surface area contributed by atoms with Gasteiger partial charge in [-0.2, -0.15) is 0 Å². The Hall–Kier alpha value is -6.75. The largest absolute Gasteiger partial charge is 0.309 e. The molecular formula is C49H31N3S. The lowest BCUT2D eigenvalue weighted by Crippen LogP contribution is -1.99. The molecule has 3 nitrogen and oxygen atoms in total. The highest BCUT2D eigenvalue weighted by atomic mass is 32.1. The standard InChI is InChI=1S/C49H31N3S/c1-3-14-32(15-4-1)37-22-13-26-45-47(37)50-49(52(45)35-17-5-2-6-18-35)34-16-11-19-36(30-34)51-43-25-9-7-20-39(43)42-31-33(28-29-44(42)51)38-23-12-24-41-40-21-8-10-27-46(40)53-48(38)41/h1-31H. The molecule has 53 heavy (non-hydrogen) atoms. The number of imidazole rings is 1. The Bertz CT molecular complexity index is 3170. The normalized spacial score (nSPS) is 11.8. The van der Waals surface area contributed by atoms with Crippen LogP contribution < -0.4 is 0 Å². The molecule has 0 saturated heterocycles. The van der Waals surface area contributed by atoms with Crippen LogP contribution in [0.2, 0.25) is 0 Å². The fourth-order valence-corrected chi connectivity index (χ4v) is 9.40. The van der Waals surface area contributed by atoms with E-state index in [-0.39, 0.29) is 0 Å². The van der Waals surface area contributed by atoms with Gasteiger partial charge in [-0.15, -0.1) is 11.3 Å². The molecule has 248 valence electrons. The van der Waals surface area contributed by atoms with Crippen LogP contribution in [-0.4, -0.2) is 14.1 Å². The Kier molecular flexibility index (Phi) is 6.73. The molecule has 3 aromatic heterocycles. The van der Waals surface area contributed by atoms with E-state index >= 15 is 0 Å². The highest BCUT2D eigenvalue weighted by Crippen LogP contribution is 2.42. The Morgan fingerprint density at radius 2 is 1.02 bits per heavy atom. The zero-order valence-corrected chi connectivity index (χ0v) is 29.5. The SMILES string of the molecule is c1ccc(-c2cccc3c2nc(-c2cccc(-n4c5ccccc5c5cc(-c6cccc7c6sc6ccccc67)ccc54)c2)n3-c2ccccc2)cc1. The molecule has 0 aliphatic rings. The molecule has 0 unspecified atom stereocenters. The van der Waals surface area contributed by atoms with Gasteiger partial charge < -0.3 is 4.57 Å². The van der Waals surface area contributed by atoms with Crippen molar-refractivity contribution in [3.63, 3.8) is 0 Å². The third kappa shape index (κ3) is 4.70. The van der Waals surface area contributed by atoms with Gasteiger partial charge in [0.25, 0.3) is 0 Å². The van der Waals surface area contributed by atoms with Crippen LogP contribution in [0.15, 0.2) is 188 Å². The third-order valence-corrected chi connectivity index (χ3v) is 11.8. The van der Waals surface area contributed by atoms with Crippen LogP contribution in [-0.2, 0) is 0 Å². The van der Waals surface area contributed by atoms with Gasteiger partial charge in [-0.25, -0.2) is 4.98 Å². The number of aromatic nitrogens is 3. The van der Waals surface area contributed by atoms with Gasteiger partial charge >= 0.3 is 0 Å². The maximum atomic E-state index is 5.42. The second-order valence-electron chi connectivity index (χ2n) is 13.6. The first-order valence-corrected chi connectivity index (χ1v) is 18.8. The van der Waals surface area contributed by atoms with Crippen molar-refractivity contribution in [2.75, 3.05) is 0 Å². The van der Waals surface area contributed by atoms with E-state index < -0.39 is 0 Å². The number of nitrogens with zero attached hydrogens (tertiary/aromatic N) is 3. The zero-order valence-electron chi connectivity index (χ0n) is 28.6. The van der Waals surface area contributed by atoms with Crippen LogP contribution in [0.3, 0.4) is 0 Å². The van der Waals surface area contributed by atoms with Crippen molar-refractivity contribution in [1.82, 2.24) is 14.1 Å². The summed E-state index contributed by atoms with van der Waals surface area (Å²) < 4.78 is 7.36. The molecule has 0 bridgehead atoms. The minimum Gasteiger partial charge on any atom is -0.309 e. The van der Waals surface area contributed by atoms with Crippen molar-refractivity contribution in [3.05, 3.63) is 188 Å². The Morgan fingerprint density at radius 3 is 1.91 bits per heavy atom. The maximum Gasteiger partial charge on any atom is 0.145 e. The zero-order chi connectivity index (χ0) is 34.9.